The number of anilines is 1. The number of nitrogens with one attached hydrogen (secondary N) is 1. The molecule has 0 amide bonds. The zero-order chi connectivity index (χ0) is 13.1. The first-order chi connectivity index (χ1) is 8.58. The Balaban J connectivity index is 2.16. The van der Waals surface area contributed by atoms with Crippen molar-refractivity contribution in [1.82, 2.24) is 0 Å². The van der Waals surface area contributed by atoms with Gasteiger partial charge in [0.1, 0.15) is 5.82 Å². The maximum Gasteiger partial charge on any atom is 0.162 e. The van der Waals surface area contributed by atoms with Crippen LogP contribution in [0.3, 0.4) is 0 Å². The van der Waals surface area contributed by atoms with Gasteiger partial charge in [-0.2, -0.15) is 0 Å². The highest BCUT2D eigenvalue weighted by atomic mass is 79.9. The zero-order valence-corrected chi connectivity index (χ0v) is 10.9. The van der Waals surface area contributed by atoms with Crippen molar-refractivity contribution >= 4 is 21.6 Å². The van der Waals surface area contributed by atoms with Crippen molar-refractivity contribution in [2.45, 2.75) is 6.54 Å². The summed E-state index contributed by atoms with van der Waals surface area (Å²) in [5.41, 5.74) is 1.11. The smallest absolute Gasteiger partial charge is 0.162 e. The van der Waals surface area contributed by atoms with Crippen molar-refractivity contribution < 1.29 is 14.6 Å². The van der Waals surface area contributed by atoms with Gasteiger partial charge in [-0.25, -0.2) is 4.39 Å². The van der Waals surface area contributed by atoms with E-state index in [1.54, 1.807) is 18.2 Å². The third kappa shape index (κ3) is 2.73. The Bertz CT molecular complexity index is 573. The maximum absolute atomic E-state index is 13.1. The first-order valence-electron chi connectivity index (χ1n) is 5.26. The summed E-state index contributed by atoms with van der Waals surface area (Å²) >= 11 is 3.30. The number of hydrogen-bond donors (Lipinski definition) is 3. The average Bonchev–Trinajstić information content (AvgIpc) is 2.35. The van der Waals surface area contributed by atoms with Crippen LogP contribution in [0.5, 0.6) is 11.5 Å². The summed E-state index contributed by atoms with van der Waals surface area (Å²) in [5, 5.41) is 22.0. The number of benzene rings is 2. The predicted octanol–water partition coefficient (Wildman–Crippen LogP) is 3.61. The largest absolute Gasteiger partial charge is 0.504 e. The van der Waals surface area contributed by atoms with Crippen LogP contribution in [0.25, 0.3) is 0 Å². The third-order valence-corrected chi connectivity index (χ3v) is 3.19. The molecular weight excluding hydrogens is 301 g/mol. The van der Waals surface area contributed by atoms with E-state index < -0.39 is 0 Å². The van der Waals surface area contributed by atoms with Gasteiger partial charge in [0, 0.05) is 16.6 Å². The van der Waals surface area contributed by atoms with Gasteiger partial charge in [0.15, 0.2) is 11.5 Å². The van der Waals surface area contributed by atoms with Gasteiger partial charge in [-0.15, -0.1) is 0 Å². The molecule has 0 aromatic heterocycles. The molecule has 3 nitrogen and oxygen atoms in total. The molecule has 0 atom stereocenters. The lowest BCUT2D eigenvalue weighted by Crippen LogP contribution is -2.00. The molecule has 0 heterocycles. The Hall–Kier alpha value is -1.75. The monoisotopic (exact) mass is 311 g/mol. The summed E-state index contributed by atoms with van der Waals surface area (Å²) < 4.78 is 13.8. The van der Waals surface area contributed by atoms with Crippen molar-refractivity contribution in [1.29, 1.82) is 0 Å². The maximum atomic E-state index is 13.1. The molecule has 0 saturated carbocycles. The van der Waals surface area contributed by atoms with E-state index in [1.165, 1.54) is 18.2 Å². The topological polar surface area (TPSA) is 52.5 Å². The summed E-state index contributed by atoms with van der Waals surface area (Å²) in [7, 11) is 0. The van der Waals surface area contributed by atoms with Crippen LogP contribution in [0.2, 0.25) is 0 Å². The van der Waals surface area contributed by atoms with Crippen molar-refractivity contribution in [2.75, 3.05) is 5.32 Å². The molecule has 2 aromatic carbocycles. The fourth-order valence-corrected chi connectivity index (χ4v) is 1.93. The zero-order valence-electron chi connectivity index (χ0n) is 9.32. The Morgan fingerprint density at radius 2 is 1.94 bits per heavy atom. The second kappa shape index (κ2) is 5.27. The fraction of sp³-hybridized carbons (Fsp3) is 0.0769. The molecule has 5 heteroatoms. The number of phenols is 2. The van der Waals surface area contributed by atoms with Gasteiger partial charge in [0.25, 0.3) is 0 Å². The lowest BCUT2D eigenvalue weighted by atomic mass is 10.2. The van der Waals surface area contributed by atoms with Crippen LogP contribution in [0, 0.1) is 5.82 Å². The number of aromatic hydroxyl groups is 2. The first-order valence-corrected chi connectivity index (χ1v) is 6.06. The van der Waals surface area contributed by atoms with Gasteiger partial charge in [0.2, 0.25) is 0 Å². The molecule has 18 heavy (non-hydrogen) atoms. The molecule has 2 rings (SSSR count). The van der Waals surface area contributed by atoms with Crippen molar-refractivity contribution in [3.05, 3.63) is 52.3 Å². The standard InChI is InChI=1S/C13H11BrFNO2/c14-10-5-4-9(15)6-11(10)16-7-8-2-1-3-12(17)13(8)18/h1-6,16-18H,7H2. The van der Waals surface area contributed by atoms with Gasteiger partial charge in [-0.05, 0) is 40.2 Å². The highest BCUT2D eigenvalue weighted by molar-refractivity contribution is 9.10. The second-order valence-corrected chi connectivity index (χ2v) is 4.62. The molecule has 2 aromatic rings. The van der Waals surface area contributed by atoms with E-state index in [0.29, 0.717) is 11.3 Å². The molecule has 3 N–H and O–H groups in total. The number of rotatable bonds is 3. The molecule has 0 spiro atoms. The van der Waals surface area contributed by atoms with Crippen molar-refractivity contribution in [2.24, 2.45) is 0 Å². The van der Waals surface area contributed by atoms with E-state index in [-0.39, 0.29) is 23.9 Å². The highest BCUT2D eigenvalue weighted by Gasteiger charge is 2.07. The molecule has 0 unspecified atom stereocenters. The van der Waals surface area contributed by atoms with Crippen LogP contribution >= 0.6 is 15.9 Å². The van der Waals surface area contributed by atoms with Gasteiger partial charge in [0.05, 0.1) is 5.69 Å². The Labute approximate surface area is 112 Å². The molecule has 0 aliphatic carbocycles. The number of halogens is 2. The van der Waals surface area contributed by atoms with Crippen LogP contribution in [-0.2, 0) is 6.54 Å². The lowest BCUT2D eigenvalue weighted by Gasteiger charge is -2.10. The Kier molecular flexibility index (Phi) is 3.72. The molecule has 0 bridgehead atoms. The SMILES string of the molecule is Oc1cccc(CNc2cc(F)ccc2Br)c1O. The number of para-hydroxylation sites is 1. The highest BCUT2D eigenvalue weighted by Crippen LogP contribution is 2.30. The summed E-state index contributed by atoms with van der Waals surface area (Å²) in [6.07, 6.45) is 0. The lowest BCUT2D eigenvalue weighted by molar-refractivity contribution is 0.400. The van der Waals surface area contributed by atoms with Crippen LogP contribution in [0.1, 0.15) is 5.56 Å². The fourth-order valence-electron chi connectivity index (χ4n) is 1.54. The normalized spacial score (nSPS) is 10.3. The first kappa shape index (κ1) is 12.7. The van der Waals surface area contributed by atoms with Gasteiger partial charge >= 0.3 is 0 Å². The Morgan fingerprint density at radius 1 is 1.17 bits per heavy atom. The summed E-state index contributed by atoms with van der Waals surface area (Å²) in [4.78, 5) is 0. The summed E-state index contributed by atoms with van der Waals surface area (Å²) in [5.74, 6) is -0.689. The van der Waals surface area contributed by atoms with E-state index in [2.05, 4.69) is 21.2 Å². The van der Waals surface area contributed by atoms with Crippen LogP contribution in [-0.4, -0.2) is 10.2 Å². The van der Waals surface area contributed by atoms with Gasteiger partial charge in [-0.1, -0.05) is 12.1 Å². The van der Waals surface area contributed by atoms with Crippen molar-refractivity contribution in [3.8, 4) is 11.5 Å². The molecular formula is C13H11BrFNO2. The number of phenolic OH excluding ortho intramolecular Hbond substituents is 2. The molecule has 0 radical (unpaired) electrons. The minimum absolute atomic E-state index is 0.169. The predicted molar refractivity (Wildman–Crippen MR) is 71.2 cm³/mol. The van der Waals surface area contributed by atoms with E-state index >= 15 is 0 Å². The van der Waals surface area contributed by atoms with E-state index in [4.69, 9.17) is 0 Å². The van der Waals surface area contributed by atoms with Gasteiger partial charge < -0.3 is 15.5 Å². The van der Waals surface area contributed by atoms with Crippen LogP contribution < -0.4 is 5.32 Å². The summed E-state index contributed by atoms with van der Waals surface area (Å²) in [6, 6.07) is 9.00. The number of hydrogen-bond acceptors (Lipinski definition) is 3. The van der Waals surface area contributed by atoms with E-state index in [0.717, 1.165) is 4.47 Å². The van der Waals surface area contributed by atoms with E-state index in [9.17, 15) is 14.6 Å². The van der Waals surface area contributed by atoms with Crippen molar-refractivity contribution in [3.63, 3.8) is 0 Å². The average molecular weight is 312 g/mol. The van der Waals surface area contributed by atoms with E-state index in [1.807, 2.05) is 0 Å². The second-order valence-electron chi connectivity index (χ2n) is 3.76. The minimum Gasteiger partial charge on any atom is -0.504 e. The third-order valence-electron chi connectivity index (χ3n) is 2.50. The van der Waals surface area contributed by atoms with Crippen LogP contribution in [0.15, 0.2) is 40.9 Å². The molecule has 0 fully saturated rings. The molecule has 94 valence electrons. The summed E-state index contributed by atoms with van der Waals surface area (Å²) in [6.45, 7) is 0.280. The Morgan fingerprint density at radius 3 is 2.72 bits per heavy atom. The molecule has 0 aliphatic rings. The molecule has 0 aliphatic heterocycles. The molecule has 0 saturated heterocycles. The van der Waals surface area contributed by atoms with Gasteiger partial charge in [-0.3, -0.25) is 0 Å². The quantitative estimate of drug-likeness (QED) is 0.759. The minimum atomic E-state index is -0.346. The van der Waals surface area contributed by atoms with Crippen LogP contribution in [0.4, 0.5) is 10.1 Å².